The summed E-state index contributed by atoms with van der Waals surface area (Å²) in [6.07, 6.45) is 1.90. The molecule has 0 fully saturated rings. The summed E-state index contributed by atoms with van der Waals surface area (Å²) < 4.78 is 10.9. The van der Waals surface area contributed by atoms with Crippen molar-refractivity contribution in [3.8, 4) is 11.5 Å². The molecule has 0 aromatic heterocycles. The van der Waals surface area contributed by atoms with Crippen molar-refractivity contribution >= 4 is 12.0 Å². The number of carbonyl (C=O) groups excluding carboxylic acids is 1. The average molecular weight is 352 g/mol. The van der Waals surface area contributed by atoms with Gasteiger partial charge in [-0.1, -0.05) is 30.3 Å². The lowest BCUT2D eigenvalue weighted by Gasteiger charge is -2.26. The number of hydrogen-bond acceptors (Lipinski definition) is 4. The van der Waals surface area contributed by atoms with Gasteiger partial charge in [-0.05, 0) is 43.9 Å². The molecule has 2 aromatic carbocycles. The molecule has 1 aliphatic heterocycles. The van der Waals surface area contributed by atoms with Crippen LogP contribution < -0.4 is 14.8 Å². The number of fused-ring (bicyclic) bond motifs is 1. The van der Waals surface area contributed by atoms with Crippen molar-refractivity contribution in [2.75, 3.05) is 34.4 Å². The van der Waals surface area contributed by atoms with Gasteiger partial charge in [0, 0.05) is 12.1 Å². The van der Waals surface area contributed by atoms with Crippen molar-refractivity contribution in [3.63, 3.8) is 0 Å². The van der Waals surface area contributed by atoms with Crippen molar-refractivity contribution in [3.05, 3.63) is 65.2 Å². The Labute approximate surface area is 154 Å². The quantitative estimate of drug-likeness (QED) is 0.869. The molecule has 2 aromatic rings. The highest BCUT2D eigenvalue weighted by Gasteiger charge is 2.20. The lowest BCUT2D eigenvalue weighted by atomic mass is 10.0. The van der Waals surface area contributed by atoms with Crippen LogP contribution in [0.4, 0.5) is 0 Å². The van der Waals surface area contributed by atoms with Gasteiger partial charge in [0.2, 0.25) is 0 Å². The van der Waals surface area contributed by atoms with Gasteiger partial charge >= 0.3 is 0 Å². The van der Waals surface area contributed by atoms with Crippen LogP contribution in [0.25, 0.3) is 6.08 Å². The Hall–Kier alpha value is -2.79. The number of amides is 1. The lowest BCUT2D eigenvalue weighted by molar-refractivity contribution is -0.118. The second-order valence-corrected chi connectivity index (χ2v) is 6.46. The second-order valence-electron chi connectivity index (χ2n) is 6.46. The highest BCUT2D eigenvalue weighted by Crippen LogP contribution is 2.26. The molecule has 0 radical (unpaired) electrons. The highest BCUT2D eigenvalue weighted by molar-refractivity contribution is 5.99. The molecule has 0 aliphatic carbocycles. The normalized spacial score (nSPS) is 14.1. The molecule has 0 unspecified atom stereocenters. The number of nitrogens with one attached hydrogen (secondary N) is 1. The summed E-state index contributed by atoms with van der Waals surface area (Å²) in [6, 6.07) is 15.7. The van der Waals surface area contributed by atoms with E-state index in [1.807, 2.05) is 68.7 Å². The topological polar surface area (TPSA) is 50.8 Å². The fourth-order valence-corrected chi connectivity index (χ4v) is 2.97. The first-order chi connectivity index (χ1) is 12.6. The minimum Gasteiger partial charge on any atom is -0.497 e. The maximum absolute atomic E-state index is 12.6. The van der Waals surface area contributed by atoms with E-state index in [1.165, 1.54) is 0 Å². The second kappa shape index (κ2) is 8.06. The van der Waals surface area contributed by atoms with Crippen LogP contribution in [0.15, 0.2) is 54.1 Å². The number of benzene rings is 2. The van der Waals surface area contributed by atoms with Gasteiger partial charge in [0.1, 0.15) is 18.1 Å². The maximum Gasteiger partial charge on any atom is 0.250 e. The summed E-state index contributed by atoms with van der Waals surface area (Å²) in [7, 11) is 5.65. The van der Waals surface area contributed by atoms with E-state index in [1.54, 1.807) is 7.11 Å². The Morgan fingerprint density at radius 1 is 1.19 bits per heavy atom. The lowest BCUT2D eigenvalue weighted by Crippen LogP contribution is -2.36. The number of nitrogens with zero attached hydrogens (tertiary/aromatic N) is 1. The summed E-state index contributed by atoms with van der Waals surface area (Å²) in [5.41, 5.74) is 2.69. The van der Waals surface area contributed by atoms with Crippen molar-refractivity contribution < 1.29 is 14.3 Å². The number of ether oxygens (including phenoxy) is 2. The highest BCUT2D eigenvalue weighted by atomic mass is 16.5. The van der Waals surface area contributed by atoms with Crippen LogP contribution in [0.1, 0.15) is 17.2 Å². The average Bonchev–Trinajstić information content (AvgIpc) is 2.67. The third-order valence-corrected chi connectivity index (χ3v) is 4.50. The molecule has 1 heterocycles. The third-order valence-electron chi connectivity index (χ3n) is 4.50. The van der Waals surface area contributed by atoms with Gasteiger partial charge < -0.3 is 19.7 Å². The third kappa shape index (κ3) is 4.06. The summed E-state index contributed by atoms with van der Waals surface area (Å²) in [5, 5.41) is 3.03. The molecule has 0 saturated carbocycles. The molecule has 0 bridgehead atoms. The van der Waals surface area contributed by atoms with Crippen LogP contribution in [0.3, 0.4) is 0 Å². The number of rotatable bonds is 6. The fraction of sp³-hybridized carbons (Fsp3) is 0.286. The Balaban J connectivity index is 1.67. The zero-order chi connectivity index (χ0) is 18.5. The number of methoxy groups -OCH3 is 1. The summed E-state index contributed by atoms with van der Waals surface area (Å²) in [6.45, 7) is 0.801. The molecule has 5 heteroatoms. The largest absolute Gasteiger partial charge is 0.497 e. The van der Waals surface area contributed by atoms with Crippen LogP contribution in [-0.4, -0.2) is 45.2 Å². The van der Waals surface area contributed by atoms with E-state index < -0.39 is 0 Å². The van der Waals surface area contributed by atoms with Gasteiger partial charge in [0.15, 0.2) is 0 Å². The molecule has 0 saturated heterocycles. The molecule has 0 spiro atoms. The fourth-order valence-electron chi connectivity index (χ4n) is 2.97. The smallest absolute Gasteiger partial charge is 0.250 e. The SMILES string of the molecule is COc1ccc([C@H](CNC(=O)C2=Cc3ccccc3OC2)N(C)C)cc1. The van der Waals surface area contributed by atoms with Crippen LogP contribution in [0.5, 0.6) is 11.5 Å². The van der Waals surface area contributed by atoms with Gasteiger partial charge in [-0.3, -0.25) is 4.79 Å². The van der Waals surface area contributed by atoms with E-state index in [-0.39, 0.29) is 18.6 Å². The molecular weight excluding hydrogens is 328 g/mol. The predicted octanol–water partition coefficient (Wildman–Crippen LogP) is 2.89. The van der Waals surface area contributed by atoms with E-state index in [0.717, 1.165) is 22.6 Å². The van der Waals surface area contributed by atoms with E-state index in [9.17, 15) is 4.79 Å². The molecular formula is C21H24N2O3. The standard InChI is InChI=1S/C21H24N2O3/c1-23(2)19(15-8-10-18(25-3)11-9-15)13-22-21(24)17-12-16-6-4-5-7-20(16)26-14-17/h4-12,19H,13-14H2,1-3H3,(H,22,24)/t19-/m0/s1. The molecule has 1 amide bonds. The maximum atomic E-state index is 12.6. The van der Waals surface area contributed by atoms with Crippen LogP contribution in [-0.2, 0) is 4.79 Å². The van der Waals surface area contributed by atoms with Crippen molar-refractivity contribution in [1.82, 2.24) is 10.2 Å². The van der Waals surface area contributed by atoms with E-state index in [2.05, 4.69) is 10.2 Å². The summed E-state index contributed by atoms with van der Waals surface area (Å²) in [5.74, 6) is 1.53. The van der Waals surface area contributed by atoms with Crippen LogP contribution in [0, 0.1) is 0 Å². The minimum absolute atomic E-state index is 0.0715. The number of hydrogen-bond donors (Lipinski definition) is 1. The van der Waals surface area contributed by atoms with E-state index >= 15 is 0 Å². The van der Waals surface area contributed by atoms with Gasteiger partial charge in [-0.25, -0.2) is 0 Å². The first-order valence-electron chi connectivity index (χ1n) is 8.59. The first kappa shape index (κ1) is 18.0. The first-order valence-corrected chi connectivity index (χ1v) is 8.59. The van der Waals surface area contributed by atoms with Crippen LogP contribution >= 0.6 is 0 Å². The van der Waals surface area contributed by atoms with Crippen molar-refractivity contribution in [2.45, 2.75) is 6.04 Å². The molecule has 1 N–H and O–H groups in total. The zero-order valence-electron chi connectivity index (χ0n) is 15.4. The van der Waals surface area contributed by atoms with Crippen LogP contribution in [0.2, 0.25) is 0 Å². The molecule has 26 heavy (non-hydrogen) atoms. The molecule has 1 atom stereocenters. The summed E-state index contributed by atoms with van der Waals surface area (Å²) >= 11 is 0. The minimum atomic E-state index is -0.0973. The Morgan fingerprint density at radius 2 is 1.92 bits per heavy atom. The van der Waals surface area contributed by atoms with Crippen molar-refractivity contribution in [1.29, 1.82) is 0 Å². The number of likely N-dealkylation sites (N-methyl/N-ethyl adjacent to an activating group) is 1. The zero-order valence-corrected chi connectivity index (χ0v) is 15.4. The van der Waals surface area contributed by atoms with Gasteiger partial charge in [-0.2, -0.15) is 0 Å². The van der Waals surface area contributed by atoms with Gasteiger partial charge in [0.25, 0.3) is 5.91 Å². The van der Waals surface area contributed by atoms with Gasteiger partial charge in [-0.15, -0.1) is 0 Å². The van der Waals surface area contributed by atoms with E-state index in [4.69, 9.17) is 9.47 Å². The Bertz CT molecular complexity index is 797. The predicted molar refractivity (Wildman–Crippen MR) is 102 cm³/mol. The Morgan fingerprint density at radius 3 is 2.62 bits per heavy atom. The number of carbonyl (C=O) groups is 1. The molecule has 3 rings (SSSR count). The van der Waals surface area contributed by atoms with Gasteiger partial charge in [0.05, 0.1) is 18.7 Å². The van der Waals surface area contributed by atoms with Crippen molar-refractivity contribution in [2.24, 2.45) is 0 Å². The summed E-state index contributed by atoms with van der Waals surface area (Å²) in [4.78, 5) is 14.7. The monoisotopic (exact) mass is 352 g/mol. The molecule has 136 valence electrons. The number of para-hydroxylation sites is 1. The molecule has 1 aliphatic rings. The molecule has 5 nitrogen and oxygen atoms in total. The van der Waals surface area contributed by atoms with E-state index in [0.29, 0.717) is 12.1 Å². The Kier molecular flexibility index (Phi) is 5.58.